The second-order valence-corrected chi connectivity index (χ2v) is 5.08. The number of ether oxygens (including phenoxy) is 2. The minimum absolute atomic E-state index is 0.280. The predicted octanol–water partition coefficient (Wildman–Crippen LogP) is 1.91. The lowest BCUT2D eigenvalue weighted by molar-refractivity contribution is 0.174. The van der Waals surface area contributed by atoms with E-state index >= 15 is 0 Å². The molecule has 2 aromatic rings. The van der Waals surface area contributed by atoms with Gasteiger partial charge in [-0.15, -0.1) is 5.10 Å². The van der Waals surface area contributed by atoms with Gasteiger partial charge in [-0.2, -0.15) is 0 Å². The lowest BCUT2D eigenvalue weighted by Gasteiger charge is -2.04. The van der Waals surface area contributed by atoms with E-state index in [1.165, 1.54) is 0 Å². The fraction of sp³-hybridized carbons (Fsp3) is 0.429. The van der Waals surface area contributed by atoms with Crippen molar-refractivity contribution in [1.82, 2.24) is 15.5 Å². The van der Waals surface area contributed by atoms with Crippen molar-refractivity contribution in [2.45, 2.75) is 33.0 Å². The summed E-state index contributed by atoms with van der Waals surface area (Å²) in [6.45, 7) is 5.55. The molecule has 2 heterocycles. The van der Waals surface area contributed by atoms with E-state index in [2.05, 4.69) is 34.7 Å². The van der Waals surface area contributed by atoms with Gasteiger partial charge in [-0.25, -0.2) is 0 Å². The zero-order chi connectivity index (χ0) is 14.7. The average Bonchev–Trinajstić information content (AvgIpc) is 3.11. The van der Waals surface area contributed by atoms with E-state index in [-0.39, 0.29) is 6.79 Å². The first-order chi connectivity index (χ1) is 10.2. The molecule has 1 aromatic carbocycles. The molecule has 0 saturated heterocycles. The molecule has 3 rings (SSSR count). The van der Waals surface area contributed by atoms with Gasteiger partial charge < -0.3 is 24.5 Å². The van der Waals surface area contributed by atoms with Crippen molar-refractivity contribution in [2.24, 2.45) is 0 Å². The molecule has 112 valence electrons. The third-order valence-corrected chi connectivity index (χ3v) is 3.01. The number of hydrogen-bond donors (Lipinski definition) is 2. The normalized spacial score (nSPS) is 12.9. The summed E-state index contributed by atoms with van der Waals surface area (Å²) in [5.74, 6) is 2.11. The Kier molecular flexibility index (Phi) is 3.92. The molecule has 7 nitrogen and oxygen atoms in total. The fourth-order valence-corrected chi connectivity index (χ4v) is 1.92. The zero-order valence-electron chi connectivity index (χ0n) is 12.0. The first-order valence-corrected chi connectivity index (χ1v) is 6.89. The van der Waals surface area contributed by atoms with Crippen LogP contribution in [0.4, 0.5) is 6.01 Å². The molecule has 0 bridgehead atoms. The minimum Gasteiger partial charge on any atom is -0.454 e. The van der Waals surface area contributed by atoms with Gasteiger partial charge in [-0.1, -0.05) is 25.0 Å². The molecule has 0 radical (unpaired) electrons. The molecular weight excluding hydrogens is 272 g/mol. The molecule has 0 aliphatic carbocycles. The van der Waals surface area contributed by atoms with Crippen LogP contribution >= 0.6 is 0 Å². The Hall–Kier alpha value is -2.28. The maximum atomic E-state index is 5.50. The summed E-state index contributed by atoms with van der Waals surface area (Å²) < 4.78 is 16.1. The smallest absolute Gasteiger partial charge is 0.315 e. The summed E-state index contributed by atoms with van der Waals surface area (Å²) >= 11 is 0. The number of hydrogen-bond acceptors (Lipinski definition) is 7. The van der Waals surface area contributed by atoms with Crippen molar-refractivity contribution >= 4 is 6.01 Å². The van der Waals surface area contributed by atoms with Crippen LogP contribution in [-0.4, -0.2) is 23.0 Å². The van der Waals surface area contributed by atoms with E-state index in [4.69, 9.17) is 13.9 Å². The van der Waals surface area contributed by atoms with E-state index in [9.17, 15) is 0 Å². The Morgan fingerprint density at radius 3 is 2.86 bits per heavy atom. The summed E-state index contributed by atoms with van der Waals surface area (Å²) in [5, 5.41) is 14.2. The Labute approximate surface area is 122 Å². The highest BCUT2D eigenvalue weighted by atomic mass is 16.7. The Balaban J connectivity index is 1.55. The molecule has 21 heavy (non-hydrogen) atoms. The zero-order valence-corrected chi connectivity index (χ0v) is 12.0. The molecular formula is C14H18N4O3. The Morgan fingerprint density at radius 1 is 1.14 bits per heavy atom. The molecule has 0 fully saturated rings. The Bertz CT molecular complexity index is 612. The van der Waals surface area contributed by atoms with Gasteiger partial charge in [0.15, 0.2) is 11.5 Å². The van der Waals surface area contributed by atoms with Crippen molar-refractivity contribution in [3.8, 4) is 11.5 Å². The van der Waals surface area contributed by atoms with Crippen LogP contribution < -0.4 is 20.1 Å². The molecule has 0 saturated carbocycles. The predicted molar refractivity (Wildman–Crippen MR) is 76.2 cm³/mol. The molecule has 1 aliphatic rings. The highest BCUT2D eigenvalue weighted by molar-refractivity contribution is 5.45. The number of fused-ring (bicyclic) bond motifs is 1. The van der Waals surface area contributed by atoms with Crippen LogP contribution in [0.2, 0.25) is 0 Å². The quantitative estimate of drug-likeness (QED) is 0.841. The van der Waals surface area contributed by atoms with Crippen molar-refractivity contribution in [3.63, 3.8) is 0 Å². The van der Waals surface area contributed by atoms with Gasteiger partial charge in [0.25, 0.3) is 0 Å². The number of nitrogens with one attached hydrogen (secondary N) is 2. The number of rotatable bonds is 6. The lowest BCUT2D eigenvalue weighted by atomic mass is 10.2. The lowest BCUT2D eigenvalue weighted by Crippen LogP contribution is -2.21. The van der Waals surface area contributed by atoms with Crippen LogP contribution in [0.5, 0.6) is 11.5 Å². The molecule has 0 unspecified atom stereocenters. The van der Waals surface area contributed by atoms with Crippen LogP contribution in [0.3, 0.4) is 0 Å². The van der Waals surface area contributed by atoms with Gasteiger partial charge in [0, 0.05) is 12.6 Å². The molecule has 7 heteroatoms. The number of nitrogens with zero attached hydrogens (tertiary/aromatic N) is 2. The van der Waals surface area contributed by atoms with Crippen LogP contribution in [0, 0.1) is 0 Å². The van der Waals surface area contributed by atoms with E-state index < -0.39 is 0 Å². The topological polar surface area (TPSA) is 81.4 Å². The SMILES string of the molecule is CC(C)NCc1nnc(NCc2ccc3c(c2)OCO3)o1. The van der Waals surface area contributed by atoms with Gasteiger partial charge in [-0.3, -0.25) is 0 Å². The highest BCUT2D eigenvalue weighted by Crippen LogP contribution is 2.32. The standard InChI is InChI=1S/C14H18N4O3/c1-9(2)15-7-13-17-18-14(21-13)16-6-10-3-4-11-12(5-10)20-8-19-11/h3-5,9,15H,6-8H2,1-2H3,(H,16,18). The third kappa shape index (κ3) is 3.43. The largest absolute Gasteiger partial charge is 0.454 e. The molecule has 0 spiro atoms. The van der Waals surface area contributed by atoms with Gasteiger partial charge in [-0.05, 0) is 17.7 Å². The molecule has 0 amide bonds. The van der Waals surface area contributed by atoms with Gasteiger partial charge in [0.1, 0.15) is 0 Å². The van der Waals surface area contributed by atoms with Crippen molar-refractivity contribution < 1.29 is 13.9 Å². The average molecular weight is 290 g/mol. The summed E-state index contributed by atoms with van der Waals surface area (Å²) in [4.78, 5) is 0. The number of anilines is 1. The first kappa shape index (κ1) is 13.7. The van der Waals surface area contributed by atoms with E-state index in [1.807, 2.05) is 18.2 Å². The molecule has 0 atom stereocenters. The molecule has 1 aliphatic heterocycles. The summed E-state index contributed by atoms with van der Waals surface area (Å²) in [6.07, 6.45) is 0. The molecule has 2 N–H and O–H groups in total. The summed E-state index contributed by atoms with van der Waals surface area (Å²) in [5.41, 5.74) is 1.05. The monoisotopic (exact) mass is 290 g/mol. The fourth-order valence-electron chi connectivity index (χ4n) is 1.92. The van der Waals surface area contributed by atoms with Crippen molar-refractivity contribution in [3.05, 3.63) is 29.7 Å². The number of aromatic nitrogens is 2. The van der Waals surface area contributed by atoms with E-state index in [1.54, 1.807) is 0 Å². The summed E-state index contributed by atoms with van der Waals surface area (Å²) in [6, 6.07) is 6.59. The third-order valence-electron chi connectivity index (χ3n) is 3.01. The van der Waals surface area contributed by atoms with Crippen molar-refractivity contribution in [2.75, 3.05) is 12.1 Å². The number of benzene rings is 1. The molecule has 1 aromatic heterocycles. The van der Waals surface area contributed by atoms with Crippen LogP contribution in [0.15, 0.2) is 22.6 Å². The maximum absolute atomic E-state index is 5.50. The Morgan fingerprint density at radius 2 is 2.00 bits per heavy atom. The van der Waals surface area contributed by atoms with E-state index in [0.717, 1.165) is 17.1 Å². The van der Waals surface area contributed by atoms with Crippen LogP contribution in [0.1, 0.15) is 25.3 Å². The summed E-state index contributed by atoms with van der Waals surface area (Å²) in [7, 11) is 0. The van der Waals surface area contributed by atoms with Gasteiger partial charge in [0.2, 0.25) is 12.7 Å². The van der Waals surface area contributed by atoms with Gasteiger partial charge in [0.05, 0.1) is 6.54 Å². The van der Waals surface area contributed by atoms with Crippen LogP contribution in [-0.2, 0) is 13.1 Å². The van der Waals surface area contributed by atoms with Crippen molar-refractivity contribution in [1.29, 1.82) is 0 Å². The highest BCUT2D eigenvalue weighted by Gasteiger charge is 2.13. The van der Waals surface area contributed by atoms with E-state index in [0.29, 0.717) is 31.0 Å². The van der Waals surface area contributed by atoms with Gasteiger partial charge >= 0.3 is 6.01 Å². The minimum atomic E-state index is 0.280. The maximum Gasteiger partial charge on any atom is 0.315 e. The second kappa shape index (κ2) is 6.01. The second-order valence-electron chi connectivity index (χ2n) is 5.08. The van der Waals surface area contributed by atoms with Crippen LogP contribution in [0.25, 0.3) is 0 Å². The first-order valence-electron chi connectivity index (χ1n) is 6.89.